The first-order valence-corrected chi connectivity index (χ1v) is 10.6. The lowest BCUT2D eigenvalue weighted by atomic mass is 10.1. The molecule has 0 bridgehead atoms. The zero-order valence-electron chi connectivity index (χ0n) is 16.0. The predicted molar refractivity (Wildman–Crippen MR) is 111 cm³/mol. The number of aliphatic hydroxyl groups excluding tert-OH is 2. The van der Waals surface area contributed by atoms with Gasteiger partial charge in [0.15, 0.2) is 6.23 Å². The summed E-state index contributed by atoms with van der Waals surface area (Å²) in [5.74, 6) is 0.338. The minimum Gasteiger partial charge on any atom is -0.387 e. The van der Waals surface area contributed by atoms with Crippen molar-refractivity contribution >= 4 is 32.8 Å². The van der Waals surface area contributed by atoms with E-state index in [0.29, 0.717) is 21.3 Å². The van der Waals surface area contributed by atoms with Crippen molar-refractivity contribution < 1.29 is 19.7 Å². The Labute approximate surface area is 177 Å². The summed E-state index contributed by atoms with van der Waals surface area (Å²) in [5, 5.41) is 21.7. The van der Waals surface area contributed by atoms with E-state index in [0.717, 1.165) is 45.7 Å². The van der Waals surface area contributed by atoms with E-state index in [1.165, 1.54) is 6.33 Å². The second kappa shape index (κ2) is 9.07. The number of aromatic nitrogens is 3. The van der Waals surface area contributed by atoms with Gasteiger partial charge < -0.3 is 30.0 Å². The summed E-state index contributed by atoms with van der Waals surface area (Å²) in [7, 11) is 0. The van der Waals surface area contributed by atoms with Gasteiger partial charge in [-0.3, -0.25) is 4.90 Å². The third kappa shape index (κ3) is 4.32. The van der Waals surface area contributed by atoms with Crippen molar-refractivity contribution in [2.24, 2.45) is 0 Å². The van der Waals surface area contributed by atoms with Crippen molar-refractivity contribution in [3.05, 3.63) is 29.1 Å². The summed E-state index contributed by atoms with van der Waals surface area (Å²) in [4.78, 5) is 10.6. The number of rotatable bonds is 6. The molecule has 2 aliphatic rings. The first-order valence-electron chi connectivity index (χ1n) is 9.81. The quantitative estimate of drug-likeness (QED) is 0.426. The van der Waals surface area contributed by atoms with Crippen LogP contribution in [0, 0.1) is 0 Å². The Morgan fingerprint density at radius 2 is 2.03 bits per heavy atom. The summed E-state index contributed by atoms with van der Waals surface area (Å²) in [6.45, 7) is 4.60. The van der Waals surface area contributed by atoms with Crippen LogP contribution in [-0.4, -0.2) is 80.8 Å². The maximum Gasteiger partial charge on any atom is 0.164 e. The van der Waals surface area contributed by atoms with Crippen molar-refractivity contribution in [3.63, 3.8) is 0 Å². The van der Waals surface area contributed by atoms with E-state index < -0.39 is 24.5 Å². The van der Waals surface area contributed by atoms with Crippen LogP contribution in [0.5, 0.6) is 0 Å². The molecule has 2 aromatic rings. The molecule has 0 aliphatic carbocycles. The zero-order chi connectivity index (χ0) is 20.4. The van der Waals surface area contributed by atoms with Gasteiger partial charge in [0.2, 0.25) is 0 Å². The van der Waals surface area contributed by atoms with Crippen molar-refractivity contribution in [3.8, 4) is 0 Å². The van der Waals surface area contributed by atoms with Crippen LogP contribution in [0.3, 0.4) is 0 Å². The second-order valence-corrected chi connectivity index (χ2v) is 8.19. The van der Waals surface area contributed by atoms with Crippen molar-refractivity contribution in [1.29, 1.82) is 0 Å². The zero-order valence-corrected chi connectivity index (χ0v) is 17.6. The van der Waals surface area contributed by atoms with Crippen molar-refractivity contribution in [2.45, 2.75) is 37.4 Å². The van der Waals surface area contributed by atoms with Crippen LogP contribution >= 0.6 is 15.9 Å². The molecule has 4 rings (SSSR count). The number of aliphatic hydroxyl groups is 2. The van der Waals surface area contributed by atoms with Gasteiger partial charge in [0.25, 0.3) is 0 Å². The molecule has 2 aromatic heterocycles. The Hall–Kier alpha value is -1.56. The predicted octanol–water partition coefficient (Wildman–Crippen LogP) is 1.06. The molecule has 0 unspecified atom stereocenters. The van der Waals surface area contributed by atoms with Crippen LogP contribution < -0.4 is 5.73 Å². The molecule has 2 fully saturated rings. The van der Waals surface area contributed by atoms with Crippen LogP contribution in [0.4, 0.5) is 5.82 Å². The lowest BCUT2D eigenvalue weighted by molar-refractivity contribution is -0.0242. The largest absolute Gasteiger partial charge is 0.387 e. The lowest BCUT2D eigenvalue weighted by Crippen LogP contribution is -2.36. The van der Waals surface area contributed by atoms with Gasteiger partial charge in [-0.15, -0.1) is 0 Å². The molecule has 29 heavy (non-hydrogen) atoms. The molecule has 0 spiro atoms. The van der Waals surface area contributed by atoms with Gasteiger partial charge in [-0.05, 0) is 35.3 Å². The summed E-state index contributed by atoms with van der Waals surface area (Å²) in [6.07, 6.45) is 5.38. The van der Waals surface area contributed by atoms with Crippen LogP contribution in [-0.2, 0) is 9.47 Å². The van der Waals surface area contributed by atoms with Crippen LogP contribution in [0.15, 0.2) is 29.1 Å². The van der Waals surface area contributed by atoms with E-state index in [1.807, 2.05) is 12.2 Å². The number of nitrogens with two attached hydrogens (primary N) is 1. The van der Waals surface area contributed by atoms with Crippen molar-refractivity contribution in [1.82, 2.24) is 19.4 Å². The van der Waals surface area contributed by atoms with Gasteiger partial charge in [0.1, 0.15) is 36.1 Å². The molecule has 158 valence electrons. The maximum absolute atomic E-state index is 10.6. The minimum absolute atomic E-state index is 0.338. The van der Waals surface area contributed by atoms with Gasteiger partial charge in [0.05, 0.1) is 18.6 Å². The molecular weight excluding hydrogens is 442 g/mol. The Morgan fingerprint density at radius 3 is 2.83 bits per heavy atom. The molecule has 2 saturated heterocycles. The third-order valence-electron chi connectivity index (χ3n) is 5.42. The lowest BCUT2D eigenvalue weighted by Gasteiger charge is -2.26. The number of fused-ring (bicyclic) bond motifs is 1. The van der Waals surface area contributed by atoms with Gasteiger partial charge >= 0.3 is 0 Å². The summed E-state index contributed by atoms with van der Waals surface area (Å²) in [6, 6.07) is 0. The molecule has 0 radical (unpaired) electrons. The number of anilines is 1. The number of halogens is 1. The Kier molecular flexibility index (Phi) is 6.47. The van der Waals surface area contributed by atoms with Gasteiger partial charge in [-0.2, -0.15) is 0 Å². The smallest absolute Gasteiger partial charge is 0.164 e. The summed E-state index contributed by atoms with van der Waals surface area (Å²) >= 11 is 3.45. The standard InChI is InChI=1S/C19H26BrN5O4/c20-12-10-25(18-14(12)17(21)22-11-23-18)19-16(27)15(26)13(29-19)4-2-1-3-5-24-6-8-28-9-7-24/h2,4,10-11,13,15-16,19,26-27H,1,3,5-9H2,(H2,21,22,23)/b4-2+/t13-,15-,16-,19-/m1/s1. The number of unbranched alkanes of at least 4 members (excludes halogenated alkanes) is 1. The maximum atomic E-state index is 10.6. The molecule has 2 aliphatic heterocycles. The molecule has 0 saturated carbocycles. The third-order valence-corrected chi connectivity index (χ3v) is 6.02. The van der Waals surface area contributed by atoms with Crippen LogP contribution in [0.1, 0.15) is 19.1 Å². The highest BCUT2D eigenvalue weighted by atomic mass is 79.9. The molecule has 4 heterocycles. The molecule has 0 amide bonds. The Morgan fingerprint density at radius 1 is 1.24 bits per heavy atom. The van der Waals surface area contributed by atoms with E-state index in [2.05, 4.69) is 30.8 Å². The highest BCUT2D eigenvalue weighted by Crippen LogP contribution is 2.36. The van der Waals surface area contributed by atoms with E-state index in [1.54, 1.807) is 10.8 Å². The molecule has 4 N–H and O–H groups in total. The van der Waals surface area contributed by atoms with Gasteiger partial charge in [-0.1, -0.05) is 12.2 Å². The number of hydrogen-bond acceptors (Lipinski definition) is 8. The number of nitrogens with zero attached hydrogens (tertiary/aromatic N) is 4. The fourth-order valence-corrected chi connectivity index (χ4v) is 4.42. The fraction of sp³-hybridized carbons (Fsp3) is 0.579. The number of ether oxygens (including phenoxy) is 2. The normalized spacial score (nSPS) is 28.7. The van der Waals surface area contributed by atoms with Crippen LogP contribution in [0.2, 0.25) is 0 Å². The monoisotopic (exact) mass is 467 g/mol. The minimum atomic E-state index is -1.09. The number of hydrogen-bond donors (Lipinski definition) is 3. The molecule has 9 nitrogen and oxygen atoms in total. The number of nitrogen functional groups attached to an aromatic ring is 1. The molecule has 4 atom stereocenters. The number of morpholine rings is 1. The van der Waals surface area contributed by atoms with E-state index in [-0.39, 0.29) is 0 Å². The molecular formula is C19H26BrN5O4. The summed E-state index contributed by atoms with van der Waals surface area (Å²) in [5.41, 5.74) is 6.48. The van der Waals surface area contributed by atoms with Crippen LogP contribution in [0.25, 0.3) is 11.0 Å². The second-order valence-electron chi connectivity index (χ2n) is 7.34. The first-order chi connectivity index (χ1) is 14.1. The SMILES string of the molecule is Nc1ncnc2c1c(Br)cn2[C@@H]1O[C@H](/C=C/CCCN2CCOCC2)[C@@H](O)[C@H]1O. The highest BCUT2D eigenvalue weighted by molar-refractivity contribution is 9.10. The Balaban J connectivity index is 1.39. The average molecular weight is 468 g/mol. The van der Waals surface area contributed by atoms with Crippen molar-refractivity contribution in [2.75, 3.05) is 38.6 Å². The summed E-state index contributed by atoms with van der Waals surface area (Å²) < 4.78 is 13.7. The van der Waals surface area contributed by atoms with E-state index in [9.17, 15) is 10.2 Å². The molecule has 10 heteroatoms. The fourth-order valence-electron chi connectivity index (χ4n) is 3.82. The highest BCUT2D eigenvalue weighted by Gasteiger charge is 2.43. The van der Waals surface area contributed by atoms with E-state index in [4.69, 9.17) is 15.2 Å². The van der Waals surface area contributed by atoms with Gasteiger partial charge in [0, 0.05) is 23.8 Å². The first kappa shape index (κ1) is 20.7. The average Bonchev–Trinajstić information content (AvgIpc) is 3.20. The molecule has 0 aromatic carbocycles. The number of allylic oxidation sites excluding steroid dienone is 1. The topological polar surface area (TPSA) is 119 Å². The van der Waals surface area contributed by atoms with E-state index >= 15 is 0 Å². The Bertz CT molecular complexity index is 870. The van der Waals surface area contributed by atoms with Gasteiger partial charge in [-0.25, -0.2) is 9.97 Å².